The van der Waals surface area contributed by atoms with E-state index in [1.807, 2.05) is 27.7 Å². The summed E-state index contributed by atoms with van der Waals surface area (Å²) in [6, 6.07) is 2.92. The molecule has 3 nitrogen and oxygen atoms in total. The molecule has 1 saturated heterocycles. The molecule has 0 spiro atoms. The first kappa shape index (κ1) is 14.5. The van der Waals surface area contributed by atoms with Gasteiger partial charge in [0.15, 0.2) is 12.1 Å². The molecule has 6 heteroatoms. The molecular weight excluding hydrogens is 269 g/mol. The second kappa shape index (κ2) is 4.58. The lowest BCUT2D eigenvalue weighted by molar-refractivity contribution is 0.00578. The maximum Gasteiger partial charge on any atom is 0.496 e. The first-order valence-electron chi connectivity index (χ1n) is 5.98. The molecule has 1 aliphatic rings. The van der Waals surface area contributed by atoms with E-state index in [1.165, 1.54) is 6.07 Å². The molecule has 0 N–H and O–H groups in total. The first-order chi connectivity index (χ1) is 8.69. The van der Waals surface area contributed by atoms with Gasteiger partial charge in [-0.2, -0.15) is 0 Å². The minimum Gasteiger partial charge on any atom is -0.399 e. The molecule has 2 rings (SSSR count). The smallest absolute Gasteiger partial charge is 0.399 e. The molecule has 1 fully saturated rings. The van der Waals surface area contributed by atoms with E-state index in [2.05, 4.69) is 0 Å². The Kier molecular flexibility index (Phi) is 3.50. The summed E-state index contributed by atoms with van der Waals surface area (Å²) in [6.45, 7) is 7.60. The van der Waals surface area contributed by atoms with E-state index in [0.717, 1.165) is 0 Å². The highest BCUT2D eigenvalue weighted by Crippen LogP contribution is 2.37. The normalized spacial score (nSPS) is 20.6. The van der Waals surface area contributed by atoms with E-state index in [-0.39, 0.29) is 10.6 Å². The second-order valence-corrected chi connectivity index (χ2v) is 5.96. The minimum absolute atomic E-state index is 0.0785. The fraction of sp³-hybridized carbons (Fsp3) is 0.462. The largest absolute Gasteiger partial charge is 0.496 e. The van der Waals surface area contributed by atoms with Crippen LogP contribution in [0.1, 0.15) is 38.1 Å². The molecular formula is C13H15BClFO3. The van der Waals surface area contributed by atoms with Crippen LogP contribution in [0, 0.1) is 5.82 Å². The van der Waals surface area contributed by atoms with Crippen LogP contribution in [0.5, 0.6) is 0 Å². The molecule has 0 atom stereocenters. The molecule has 1 aromatic rings. The maximum absolute atomic E-state index is 13.8. The lowest BCUT2D eigenvalue weighted by atomic mass is 9.78. The number of hydrogen-bond donors (Lipinski definition) is 0. The molecule has 1 aliphatic heterocycles. The fourth-order valence-electron chi connectivity index (χ4n) is 1.82. The van der Waals surface area contributed by atoms with Gasteiger partial charge in [0.1, 0.15) is 0 Å². The number of rotatable bonds is 2. The Balaban J connectivity index is 2.41. The highest BCUT2D eigenvalue weighted by atomic mass is 35.5. The Hall–Kier alpha value is -0.905. The maximum atomic E-state index is 13.8. The Morgan fingerprint density at radius 1 is 1.21 bits per heavy atom. The average Bonchev–Trinajstić information content (AvgIpc) is 2.51. The van der Waals surface area contributed by atoms with E-state index in [4.69, 9.17) is 20.9 Å². The van der Waals surface area contributed by atoms with Crippen molar-refractivity contribution < 1.29 is 18.5 Å². The van der Waals surface area contributed by atoms with Gasteiger partial charge in [0.05, 0.1) is 21.8 Å². The van der Waals surface area contributed by atoms with Crippen molar-refractivity contribution in [1.29, 1.82) is 0 Å². The summed E-state index contributed by atoms with van der Waals surface area (Å²) in [5.41, 5.74) is -0.740. The summed E-state index contributed by atoms with van der Waals surface area (Å²) in [7, 11) is -0.743. The zero-order valence-corrected chi connectivity index (χ0v) is 12.0. The van der Waals surface area contributed by atoms with Crippen molar-refractivity contribution in [2.24, 2.45) is 0 Å². The summed E-state index contributed by atoms with van der Waals surface area (Å²) in [5.74, 6) is -0.746. The monoisotopic (exact) mass is 284 g/mol. The van der Waals surface area contributed by atoms with Gasteiger partial charge >= 0.3 is 7.12 Å². The van der Waals surface area contributed by atoms with Crippen LogP contribution in [0.15, 0.2) is 12.1 Å². The Bertz CT molecular complexity index is 515. The molecule has 0 amide bonds. The number of carbonyl (C=O) groups is 1. The topological polar surface area (TPSA) is 35.5 Å². The van der Waals surface area contributed by atoms with Gasteiger partial charge in [-0.3, -0.25) is 4.79 Å². The number of aldehydes is 1. The van der Waals surface area contributed by atoms with Crippen LogP contribution >= 0.6 is 11.6 Å². The van der Waals surface area contributed by atoms with Gasteiger partial charge in [0, 0.05) is 5.46 Å². The second-order valence-electron chi connectivity index (χ2n) is 5.58. The van der Waals surface area contributed by atoms with E-state index in [0.29, 0.717) is 11.7 Å². The number of hydrogen-bond acceptors (Lipinski definition) is 3. The molecule has 0 bridgehead atoms. The third kappa shape index (κ3) is 2.31. The average molecular weight is 285 g/mol. The van der Waals surface area contributed by atoms with Crippen molar-refractivity contribution in [3.05, 3.63) is 28.5 Å². The van der Waals surface area contributed by atoms with Crippen molar-refractivity contribution in [1.82, 2.24) is 0 Å². The standard InChI is InChI=1S/C13H15BClFO3/c1-12(2)13(3,4)19-14(18-12)9-6-5-8(7-17)11(16)10(9)15/h5-7H,1-4H3. The third-order valence-corrected chi connectivity index (χ3v) is 4.16. The van der Waals surface area contributed by atoms with Crippen molar-refractivity contribution in [2.75, 3.05) is 0 Å². The zero-order valence-electron chi connectivity index (χ0n) is 11.3. The minimum atomic E-state index is -0.746. The van der Waals surface area contributed by atoms with Crippen LogP contribution in [-0.4, -0.2) is 24.6 Å². The SMILES string of the molecule is CC1(C)OB(c2ccc(C=O)c(F)c2Cl)OC1(C)C. The molecule has 0 radical (unpaired) electrons. The van der Waals surface area contributed by atoms with Crippen molar-refractivity contribution >= 4 is 30.5 Å². The van der Waals surface area contributed by atoms with Gasteiger partial charge in [-0.05, 0) is 33.8 Å². The van der Waals surface area contributed by atoms with Gasteiger partial charge in [-0.1, -0.05) is 17.7 Å². The predicted octanol–water partition coefficient (Wildman–Crippen LogP) is 2.59. The van der Waals surface area contributed by atoms with Crippen LogP contribution in [0.4, 0.5) is 4.39 Å². The van der Waals surface area contributed by atoms with Gasteiger partial charge in [-0.25, -0.2) is 4.39 Å². The third-order valence-electron chi connectivity index (χ3n) is 3.78. The highest BCUT2D eigenvalue weighted by molar-refractivity contribution is 6.65. The Morgan fingerprint density at radius 2 is 1.74 bits per heavy atom. The molecule has 102 valence electrons. The zero-order chi connectivity index (χ0) is 14.4. The number of benzene rings is 1. The van der Waals surface area contributed by atoms with E-state index >= 15 is 0 Å². The summed E-state index contributed by atoms with van der Waals surface area (Å²) in [4.78, 5) is 10.7. The quantitative estimate of drug-likeness (QED) is 0.618. The molecule has 19 heavy (non-hydrogen) atoms. The highest BCUT2D eigenvalue weighted by Gasteiger charge is 2.52. The molecule has 0 aromatic heterocycles. The summed E-state index contributed by atoms with van der Waals surface area (Å²) >= 11 is 5.95. The van der Waals surface area contributed by atoms with Gasteiger partial charge in [-0.15, -0.1) is 0 Å². The molecule has 0 saturated carbocycles. The number of carbonyl (C=O) groups excluding carboxylic acids is 1. The van der Waals surface area contributed by atoms with E-state index in [9.17, 15) is 9.18 Å². The molecule has 1 aromatic carbocycles. The number of halogens is 2. The van der Waals surface area contributed by atoms with Crippen molar-refractivity contribution in [2.45, 2.75) is 38.9 Å². The Labute approximate surface area is 117 Å². The first-order valence-corrected chi connectivity index (χ1v) is 6.36. The van der Waals surface area contributed by atoms with Crippen LogP contribution in [0.25, 0.3) is 0 Å². The van der Waals surface area contributed by atoms with Crippen LogP contribution in [0.3, 0.4) is 0 Å². The summed E-state index contributed by atoms with van der Waals surface area (Å²) < 4.78 is 25.4. The van der Waals surface area contributed by atoms with E-state index < -0.39 is 24.1 Å². The molecule has 1 heterocycles. The molecule has 0 unspecified atom stereocenters. The van der Waals surface area contributed by atoms with Gasteiger partial charge in [0.25, 0.3) is 0 Å². The fourth-order valence-corrected chi connectivity index (χ4v) is 2.08. The van der Waals surface area contributed by atoms with Crippen LogP contribution in [0.2, 0.25) is 5.02 Å². The van der Waals surface area contributed by atoms with E-state index in [1.54, 1.807) is 6.07 Å². The van der Waals surface area contributed by atoms with Crippen molar-refractivity contribution in [3.63, 3.8) is 0 Å². The molecule has 0 aliphatic carbocycles. The van der Waals surface area contributed by atoms with Crippen LogP contribution in [-0.2, 0) is 9.31 Å². The lowest BCUT2D eigenvalue weighted by Crippen LogP contribution is -2.41. The van der Waals surface area contributed by atoms with Gasteiger partial charge in [0.2, 0.25) is 0 Å². The predicted molar refractivity (Wildman–Crippen MR) is 72.5 cm³/mol. The summed E-state index contributed by atoms with van der Waals surface area (Å²) in [5, 5.41) is -0.136. The Morgan fingerprint density at radius 3 is 2.21 bits per heavy atom. The lowest BCUT2D eigenvalue weighted by Gasteiger charge is -2.32. The van der Waals surface area contributed by atoms with Gasteiger partial charge < -0.3 is 9.31 Å². The summed E-state index contributed by atoms with van der Waals surface area (Å²) in [6.07, 6.45) is 0.426. The van der Waals surface area contributed by atoms with Crippen molar-refractivity contribution in [3.8, 4) is 0 Å². The van der Waals surface area contributed by atoms with Crippen LogP contribution < -0.4 is 5.46 Å².